The van der Waals surface area contributed by atoms with Gasteiger partial charge in [0.25, 0.3) is 0 Å². The predicted octanol–water partition coefficient (Wildman–Crippen LogP) is 2.85. The molecule has 0 saturated carbocycles. The molecule has 1 saturated heterocycles. The number of piperidine rings is 1. The zero-order valence-electron chi connectivity index (χ0n) is 16.9. The van der Waals surface area contributed by atoms with Crippen molar-refractivity contribution in [3.05, 3.63) is 66.5 Å². The first-order valence-corrected chi connectivity index (χ1v) is 10.3. The van der Waals surface area contributed by atoms with Gasteiger partial charge in [0, 0.05) is 50.9 Å². The minimum Gasteiger partial charge on any atom is -0.473 e. The molecule has 2 aromatic heterocycles. The fourth-order valence-corrected chi connectivity index (χ4v) is 3.49. The van der Waals surface area contributed by atoms with E-state index in [0.717, 1.165) is 25.7 Å². The summed E-state index contributed by atoms with van der Waals surface area (Å²) in [7, 11) is 0. The van der Waals surface area contributed by atoms with Crippen molar-refractivity contribution in [2.45, 2.75) is 31.8 Å². The molecule has 0 spiro atoms. The molecule has 4 rings (SSSR count). The van der Waals surface area contributed by atoms with Gasteiger partial charge in [0.05, 0.1) is 0 Å². The number of amides is 2. The van der Waals surface area contributed by atoms with E-state index in [1.54, 1.807) is 16.9 Å². The van der Waals surface area contributed by atoms with Crippen LogP contribution in [0.15, 0.2) is 60.9 Å². The Bertz CT molecular complexity index is 907. The first kappa shape index (κ1) is 19.9. The molecule has 1 aliphatic rings. The van der Waals surface area contributed by atoms with Crippen molar-refractivity contribution in [1.82, 2.24) is 30.2 Å². The number of likely N-dealkylation sites (tertiary alicyclic amines) is 1. The van der Waals surface area contributed by atoms with Crippen molar-refractivity contribution in [2.75, 3.05) is 19.6 Å². The number of carbonyl (C=O) groups is 1. The largest absolute Gasteiger partial charge is 0.473 e. The third kappa shape index (κ3) is 5.34. The Balaban J connectivity index is 1.16. The van der Waals surface area contributed by atoms with E-state index < -0.39 is 0 Å². The number of hydrogen-bond acceptors (Lipinski definition) is 5. The van der Waals surface area contributed by atoms with Crippen LogP contribution in [0.4, 0.5) is 4.79 Å². The highest BCUT2D eigenvalue weighted by atomic mass is 16.5. The standard InChI is InChI=1S/C22H26N6O2/c29-22(23-13-4-8-18-6-2-1-3-7-18)27-16-11-19(12-17-27)30-21-10-9-20(25-26-21)28-15-5-14-24-28/h1-3,5-7,9-10,14-15,19H,4,8,11-13,16-17H2,(H,23,29). The summed E-state index contributed by atoms with van der Waals surface area (Å²) in [6.07, 6.45) is 7.00. The van der Waals surface area contributed by atoms with Crippen LogP contribution in [0.5, 0.6) is 5.88 Å². The molecule has 1 N–H and O–H groups in total. The quantitative estimate of drug-likeness (QED) is 0.610. The molecule has 8 heteroatoms. The van der Waals surface area contributed by atoms with E-state index in [4.69, 9.17) is 4.74 Å². The summed E-state index contributed by atoms with van der Waals surface area (Å²) in [4.78, 5) is 14.2. The van der Waals surface area contributed by atoms with E-state index in [2.05, 4.69) is 32.7 Å². The number of carbonyl (C=O) groups excluding carboxylic acids is 1. The zero-order valence-corrected chi connectivity index (χ0v) is 16.9. The van der Waals surface area contributed by atoms with E-state index in [1.807, 2.05) is 41.4 Å². The summed E-state index contributed by atoms with van der Waals surface area (Å²) >= 11 is 0. The van der Waals surface area contributed by atoms with Gasteiger partial charge in [-0.1, -0.05) is 30.3 Å². The van der Waals surface area contributed by atoms with Crippen molar-refractivity contribution in [3.8, 4) is 11.7 Å². The number of nitrogens with zero attached hydrogens (tertiary/aromatic N) is 5. The van der Waals surface area contributed by atoms with Crippen LogP contribution in [0.3, 0.4) is 0 Å². The van der Waals surface area contributed by atoms with E-state index in [9.17, 15) is 4.79 Å². The number of hydrogen-bond donors (Lipinski definition) is 1. The maximum Gasteiger partial charge on any atom is 0.317 e. The van der Waals surface area contributed by atoms with Gasteiger partial charge in [-0.15, -0.1) is 10.2 Å². The topological polar surface area (TPSA) is 85.2 Å². The molecule has 1 aromatic carbocycles. The molecule has 3 aromatic rings. The van der Waals surface area contributed by atoms with Crippen LogP contribution in [0, 0.1) is 0 Å². The number of aryl methyl sites for hydroxylation is 1. The first-order valence-electron chi connectivity index (χ1n) is 10.3. The second-order valence-corrected chi connectivity index (χ2v) is 7.31. The van der Waals surface area contributed by atoms with Crippen LogP contribution in [0.1, 0.15) is 24.8 Å². The minimum absolute atomic E-state index is 0.00452. The molecule has 156 valence electrons. The van der Waals surface area contributed by atoms with Gasteiger partial charge in [0.1, 0.15) is 6.10 Å². The van der Waals surface area contributed by atoms with Crippen molar-refractivity contribution in [3.63, 3.8) is 0 Å². The molecule has 0 atom stereocenters. The minimum atomic E-state index is 0.00452. The van der Waals surface area contributed by atoms with Gasteiger partial charge in [-0.05, 0) is 30.5 Å². The van der Waals surface area contributed by atoms with Gasteiger partial charge in [-0.25, -0.2) is 9.48 Å². The van der Waals surface area contributed by atoms with Crippen LogP contribution < -0.4 is 10.1 Å². The normalized spacial score (nSPS) is 14.5. The molecule has 1 fully saturated rings. The molecule has 3 heterocycles. The highest BCUT2D eigenvalue weighted by molar-refractivity contribution is 5.74. The Morgan fingerprint density at radius 3 is 2.60 bits per heavy atom. The second-order valence-electron chi connectivity index (χ2n) is 7.31. The van der Waals surface area contributed by atoms with Gasteiger partial charge in [-0.2, -0.15) is 5.10 Å². The number of rotatable bonds is 7. The molecule has 0 bridgehead atoms. The van der Waals surface area contributed by atoms with Gasteiger partial charge >= 0.3 is 6.03 Å². The smallest absolute Gasteiger partial charge is 0.317 e. The Hall–Kier alpha value is -3.42. The average Bonchev–Trinajstić information content (AvgIpc) is 3.33. The third-order valence-electron chi connectivity index (χ3n) is 5.14. The molecule has 30 heavy (non-hydrogen) atoms. The number of ether oxygens (including phenoxy) is 1. The Morgan fingerprint density at radius 1 is 1.07 bits per heavy atom. The summed E-state index contributed by atoms with van der Waals surface area (Å²) in [6.45, 7) is 2.03. The van der Waals surface area contributed by atoms with E-state index in [0.29, 0.717) is 31.3 Å². The summed E-state index contributed by atoms with van der Waals surface area (Å²) in [5, 5.41) is 15.4. The Kier molecular flexibility index (Phi) is 6.54. The zero-order chi connectivity index (χ0) is 20.6. The van der Waals surface area contributed by atoms with Crippen molar-refractivity contribution < 1.29 is 9.53 Å². The van der Waals surface area contributed by atoms with Gasteiger partial charge in [-0.3, -0.25) is 0 Å². The van der Waals surface area contributed by atoms with Crippen LogP contribution in [-0.4, -0.2) is 56.6 Å². The fraction of sp³-hybridized carbons (Fsp3) is 0.364. The lowest BCUT2D eigenvalue weighted by atomic mass is 10.1. The summed E-state index contributed by atoms with van der Waals surface area (Å²) in [5.41, 5.74) is 1.30. The molecular weight excluding hydrogens is 380 g/mol. The lowest BCUT2D eigenvalue weighted by Crippen LogP contribution is -2.46. The Morgan fingerprint density at radius 2 is 1.90 bits per heavy atom. The molecule has 1 aliphatic heterocycles. The second kappa shape index (κ2) is 9.87. The SMILES string of the molecule is O=C(NCCCc1ccccc1)N1CCC(Oc2ccc(-n3cccn3)nn2)CC1. The van der Waals surface area contributed by atoms with Gasteiger partial charge in [0.15, 0.2) is 5.82 Å². The lowest BCUT2D eigenvalue weighted by Gasteiger charge is -2.31. The molecule has 2 amide bonds. The molecule has 0 aliphatic carbocycles. The van der Waals surface area contributed by atoms with Crippen molar-refractivity contribution >= 4 is 6.03 Å². The number of aromatic nitrogens is 4. The average molecular weight is 406 g/mol. The molecule has 8 nitrogen and oxygen atoms in total. The third-order valence-corrected chi connectivity index (χ3v) is 5.14. The van der Waals surface area contributed by atoms with E-state index in [-0.39, 0.29) is 12.1 Å². The molecular formula is C22H26N6O2. The molecule has 0 radical (unpaired) electrons. The summed E-state index contributed by atoms with van der Waals surface area (Å²) in [5.74, 6) is 1.14. The summed E-state index contributed by atoms with van der Waals surface area (Å²) < 4.78 is 7.59. The highest BCUT2D eigenvalue weighted by Gasteiger charge is 2.24. The molecule has 0 unspecified atom stereocenters. The van der Waals surface area contributed by atoms with Crippen molar-refractivity contribution in [1.29, 1.82) is 0 Å². The number of nitrogens with one attached hydrogen (secondary N) is 1. The van der Waals surface area contributed by atoms with E-state index in [1.165, 1.54) is 5.56 Å². The van der Waals surface area contributed by atoms with Gasteiger partial charge < -0.3 is 15.0 Å². The predicted molar refractivity (Wildman–Crippen MR) is 113 cm³/mol. The van der Waals surface area contributed by atoms with Crippen LogP contribution in [0.25, 0.3) is 5.82 Å². The number of urea groups is 1. The highest BCUT2D eigenvalue weighted by Crippen LogP contribution is 2.17. The van der Waals surface area contributed by atoms with Gasteiger partial charge in [0.2, 0.25) is 5.88 Å². The number of benzene rings is 1. The Labute approximate surface area is 175 Å². The van der Waals surface area contributed by atoms with Crippen molar-refractivity contribution in [2.24, 2.45) is 0 Å². The first-order chi connectivity index (χ1) is 14.8. The maximum atomic E-state index is 12.4. The summed E-state index contributed by atoms with van der Waals surface area (Å²) in [6, 6.07) is 15.8. The monoisotopic (exact) mass is 406 g/mol. The van der Waals surface area contributed by atoms with E-state index >= 15 is 0 Å². The fourth-order valence-electron chi connectivity index (χ4n) is 3.49. The van der Waals surface area contributed by atoms with Crippen LogP contribution in [0.2, 0.25) is 0 Å². The lowest BCUT2D eigenvalue weighted by molar-refractivity contribution is 0.106. The maximum absolute atomic E-state index is 12.4. The van der Waals surface area contributed by atoms with Crippen LogP contribution >= 0.6 is 0 Å². The van der Waals surface area contributed by atoms with Crippen LogP contribution in [-0.2, 0) is 6.42 Å².